The first-order chi connectivity index (χ1) is 10.9. The molecule has 0 aliphatic heterocycles. The minimum atomic E-state index is -3.33. The molecule has 23 heavy (non-hydrogen) atoms. The zero-order chi connectivity index (χ0) is 16.9. The Labute approximate surface area is 133 Å². The van der Waals surface area contributed by atoms with Gasteiger partial charge in [0.25, 0.3) is 5.91 Å². The first-order valence-electron chi connectivity index (χ1n) is 6.62. The highest BCUT2D eigenvalue weighted by molar-refractivity contribution is 7.90. The van der Waals surface area contributed by atoms with E-state index in [0.717, 1.165) is 6.26 Å². The summed E-state index contributed by atoms with van der Waals surface area (Å²) in [6.07, 6.45) is 2.56. The summed E-state index contributed by atoms with van der Waals surface area (Å²) in [4.78, 5) is 23.4. The highest BCUT2D eigenvalue weighted by atomic mass is 32.2. The second-order valence-electron chi connectivity index (χ2n) is 4.73. The molecule has 0 spiro atoms. The lowest BCUT2D eigenvalue weighted by molar-refractivity contribution is -0.124. The molecule has 0 saturated heterocycles. The van der Waals surface area contributed by atoms with Gasteiger partial charge in [0.2, 0.25) is 0 Å². The number of rotatable bonds is 6. The lowest BCUT2D eigenvalue weighted by Crippen LogP contribution is -2.28. The van der Waals surface area contributed by atoms with Crippen molar-refractivity contribution < 1.29 is 27.2 Å². The number of carbonyl (C=O) groups is 2. The zero-order valence-corrected chi connectivity index (χ0v) is 13.1. The van der Waals surface area contributed by atoms with E-state index in [1.807, 2.05) is 0 Å². The van der Waals surface area contributed by atoms with Crippen LogP contribution in [0.2, 0.25) is 0 Å². The van der Waals surface area contributed by atoms with Crippen molar-refractivity contribution in [3.8, 4) is 0 Å². The van der Waals surface area contributed by atoms with Crippen molar-refractivity contribution >= 4 is 21.7 Å². The summed E-state index contributed by atoms with van der Waals surface area (Å²) in [5, 5.41) is 2.53. The topological polar surface area (TPSA) is 103 Å². The normalized spacial score (nSPS) is 11.0. The van der Waals surface area contributed by atoms with Crippen molar-refractivity contribution in [1.82, 2.24) is 5.32 Å². The first kappa shape index (κ1) is 16.8. The van der Waals surface area contributed by atoms with Crippen molar-refractivity contribution in [3.63, 3.8) is 0 Å². The maximum atomic E-state index is 11.8. The Hall–Kier alpha value is -2.61. The third-order valence-corrected chi connectivity index (χ3v) is 4.02. The molecule has 0 aliphatic carbocycles. The van der Waals surface area contributed by atoms with Crippen molar-refractivity contribution in [1.29, 1.82) is 0 Å². The zero-order valence-electron chi connectivity index (χ0n) is 12.3. The molecule has 7 nitrogen and oxygen atoms in total. The molecule has 1 N–H and O–H groups in total. The molecule has 1 aromatic carbocycles. The number of benzene rings is 1. The SMILES string of the molecule is CS(=O)(=O)c1ccc(C(=O)OCC(=O)NCc2ccco2)cc1. The molecule has 2 aromatic rings. The van der Waals surface area contributed by atoms with Crippen molar-refractivity contribution in [3.05, 3.63) is 54.0 Å². The van der Waals surface area contributed by atoms with Gasteiger partial charge in [0.15, 0.2) is 16.4 Å². The quantitative estimate of drug-likeness (QED) is 0.793. The van der Waals surface area contributed by atoms with Crippen LogP contribution in [0.4, 0.5) is 0 Å². The second kappa shape index (κ2) is 7.10. The first-order valence-corrected chi connectivity index (χ1v) is 8.52. The van der Waals surface area contributed by atoms with Crippen molar-refractivity contribution in [2.75, 3.05) is 12.9 Å². The number of hydrogen-bond acceptors (Lipinski definition) is 6. The Bertz CT molecular complexity index is 778. The second-order valence-corrected chi connectivity index (χ2v) is 6.74. The number of ether oxygens (including phenoxy) is 1. The molecule has 1 aromatic heterocycles. The van der Waals surface area contributed by atoms with Gasteiger partial charge in [-0.05, 0) is 36.4 Å². The van der Waals surface area contributed by atoms with Crippen LogP contribution in [-0.4, -0.2) is 33.2 Å². The van der Waals surface area contributed by atoms with Crippen molar-refractivity contribution in [2.24, 2.45) is 0 Å². The Morgan fingerprint density at radius 3 is 2.43 bits per heavy atom. The van der Waals surface area contributed by atoms with Crippen LogP contribution in [0.15, 0.2) is 52.0 Å². The molecule has 2 rings (SSSR count). The number of hydrogen-bond donors (Lipinski definition) is 1. The highest BCUT2D eigenvalue weighted by Gasteiger charge is 2.12. The summed E-state index contributed by atoms with van der Waals surface area (Å²) < 4.78 is 32.5. The summed E-state index contributed by atoms with van der Waals surface area (Å²) in [5.74, 6) is -0.596. The van der Waals surface area contributed by atoms with Gasteiger partial charge >= 0.3 is 5.97 Å². The standard InChI is InChI=1S/C15H15NO6S/c1-23(19,20)13-6-4-11(5-7-13)15(18)22-10-14(17)16-9-12-3-2-8-21-12/h2-8H,9-10H2,1H3,(H,16,17). The third kappa shape index (κ3) is 4.96. The van der Waals surface area contributed by atoms with Crippen LogP contribution in [-0.2, 0) is 25.9 Å². The summed E-state index contributed by atoms with van der Waals surface area (Å²) in [6, 6.07) is 8.68. The fraction of sp³-hybridized carbons (Fsp3) is 0.200. The van der Waals surface area contributed by atoms with E-state index in [9.17, 15) is 18.0 Å². The Balaban J connectivity index is 1.83. The number of nitrogens with one attached hydrogen (secondary N) is 1. The van der Waals surface area contributed by atoms with Gasteiger partial charge in [-0.15, -0.1) is 0 Å². The Kier molecular flexibility index (Phi) is 5.17. The van der Waals surface area contributed by atoms with Gasteiger partial charge in [0.05, 0.1) is 23.3 Å². The van der Waals surface area contributed by atoms with E-state index in [2.05, 4.69) is 5.32 Å². The number of furan rings is 1. The molecule has 0 aliphatic rings. The molecule has 0 saturated carbocycles. The minimum absolute atomic E-state index is 0.102. The lowest BCUT2D eigenvalue weighted by atomic mass is 10.2. The number of esters is 1. The van der Waals surface area contributed by atoms with E-state index in [4.69, 9.17) is 9.15 Å². The maximum Gasteiger partial charge on any atom is 0.338 e. The van der Waals surface area contributed by atoms with Crippen LogP contribution in [0.25, 0.3) is 0 Å². The van der Waals surface area contributed by atoms with E-state index in [1.54, 1.807) is 12.1 Å². The number of sulfone groups is 1. The Morgan fingerprint density at radius 1 is 1.17 bits per heavy atom. The summed E-state index contributed by atoms with van der Waals surface area (Å²) in [5.41, 5.74) is 0.163. The average Bonchev–Trinajstić information content (AvgIpc) is 3.03. The van der Waals surface area contributed by atoms with Crippen LogP contribution < -0.4 is 5.32 Å². The predicted octanol–water partition coefficient (Wildman–Crippen LogP) is 1.16. The smallest absolute Gasteiger partial charge is 0.338 e. The molecule has 0 radical (unpaired) electrons. The van der Waals surface area contributed by atoms with E-state index in [-0.39, 0.29) is 17.0 Å². The highest BCUT2D eigenvalue weighted by Crippen LogP contribution is 2.11. The fourth-order valence-corrected chi connectivity index (χ4v) is 2.33. The van der Waals surface area contributed by atoms with Crippen LogP contribution in [0.3, 0.4) is 0 Å². The fourth-order valence-electron chi connectivity index (χ4n) is 1.70. The molecule has 122 valence electrons. The van der Waals surface area contributed by atoms with E-state index in [1.165, 1.54) is 30.5 Å². The van der Waals surface area contributed by atoms with Crippen molar-refractivity contribution in [2.45, 2.75) is 11.4 Å². The van der Waals surface area contributed by atoms with Gasteiger partial charge in [0, 0.05) is 6.26 Å². The van der Waals surface area contributed by atoms with E-state index >= 15 is 0 Å². The monoisotopic (exact) mass is 337 g/mol. The summed E-state index contributed by atoms with van der Waals surface area (Å²) in [7, 11) is -3.33. The summed E-state index contributed by atoms with van der Waals surface area (Å²) >= 11 is 0. The molecule has 0 unspecified atom stereocenters. The van der Waals surface area contributed by atoms with Gasteiger partial charge in [-0.2, -0.15) is 0 Å². The van der Waals surface area contributed by atoms with E-state index < -0.39 is 28.3 Å². The predicted molar refractivity (Wildman–Crippen MR) is 80.4 cm³/mol. The van der Waals surface area contributed by atoms with Gasteiger partial charge < -0.3 is 14.5 Å². The molecular formula is C15H15NO6S. The largest absolute Gasteiger partial charge is 0.467 e. The van der Waals surface area contributed by atoms with E-state index in [0.29, 0.717) is 5.76 Å². The van der Waals surface area contributed by atoms with Crippen LogP contribution in [0.5, 0.6) is 0 Å². The lowest BCUT2D eigenvalue weighted by Gasteiger charge is -2.06. The minimum Gasteiger partial charge on any atom is -0.467 e. The molecule has 1 heterocycles. The Morgan fingerprint density at radius 2 is 1.87 bits per heavy atom. The van der Waals surface area contributed by atoms with Gasteiger partial charge in [0.1, 0.15) is 5.76 Å². The average molecular weight is 337 g/mol. The molecule has 0 fully saturated rings. The molecule has 0 bridgehead atoms. The van der Waals surface area contributed by atoms with Crippen LogP contribution in [0, 0.1) is 0 Å². The molecular weight excluding hydrogens is 322 g/mol. The molecule has 1 amide bonds. The molecule has 0 atom stereocenters. The number of carbonyl (C=O) groups excluding carboxylic acids is 2. The molecule has 8 heteroatoms. The van der Waals surface area contributed by atoms with Gasteiger partial charge in [-0.3, -0.25) is 4.79 Å². The van der Waals surface area contributed by atoms with Gasteiger partial charge in [-0.1, -0.05) is 0 Å². The van der Waals surface area contributed by atoms with Crippen LogP contribution in [0.1, 0.15) is 16.1 Å². The maximum absolute atomic E-state index is 11.8. The van der Waals surface area contributed by atoms with Gasteiger partial charge in [-0.25, -0.2) is 13.2 Å². The number of amides is 1. The van der Waals surface area contributed by atoms with Crippen LogP contribution >= 0.6 is 0 Å². The summed E-state index contributed by atoms with van der Waals surface area (Å²) in [6.45, 7) is -0.236. The third-order valence-electron chi connectivity index (χ3n) is 2.89.